The summed E-state index contributed by atoms with van der Waals surface area (Å²) in [6.45, 7) is 0.0261. The van der Waals surface area contributed by atoms with E-state index in [1.165, 1.54) is 29.8 Å². The highest BCUT2D eigenvalue weighted by Crippen LogP contribution is 2.27. The fourth-order valence-electron chi connectivity index (χ4n) is 2.28. The largest absolute Gasteiger partial charge is 0.506 e. The Bertz CT molecular complexity index is 872. The molecule has 3 aromatic rings. The molecule has 0 saturated heterocycles. The standard InChI is InChI=1S/C16H14N2O5/c1-22-12-4-2-3-5-13(12)23-9-14-17-15(16(20)21)11-7-6-10(19)8-18(11)14/h2-8,19H,9H2,1H3,(H,20,21). The molecule has 0 spiro atoms. The number of pyridine rings is 1. The molecule has 118 valence electrons. The Hall–Kier alpha value is -3.22. The number of carboxylic acid groups (broad SMARTS) is 1. The van der Waals surface area contributed by atoms with Crippen LogP contribution in [0.4, 0.5) is 0 Å². The Morgan fingerprint density at radius 2 is 1.96 bits per heavy atom. The Morgan fingerprint density at radius 3 is 2.65 bits per heavy atom. The molecule has 0 bridgehead atoms. The first-order valence-electron chi connectivity index (χ1n) is 6.79. The number of aromatic carboxylic acids is 1. The van der Waals surface area contributed by atoms with Gasteiger partial charge in [-0.15, -0.1) is 0 Å². The zero-order valence-corrected chi connectivity index (χ0v) is 12.3. The minimum Gasteiger partial charge on any atom is -0.506 e. The van der Waals surface area contributed by atoms with Crippen molar-refractivity contribution in [1.82, 2.24) is 9.38 Å². The molecule has 0 unspecified atom stereocenters. The van der Waals surface area contributed by atoms with Gasteiger partial charge in [-0.2, -0.15) is 0 Å². The average molecular weight is 314 g/mol. The van der Waals surface area contributed by atoms with Gasteiger partial charge in [0.1, 0.15) is 12.4 Å². The van der Waals surface area contributed by atoms with Crippen LogP contribution in [-0.2, 0) is 6.61 Å². The van der Waals surface area contributed by atoms with Gasteiger partial charge in [-0.25, -0.2) is 9.78 Å². The topological polar surface area (TPSA) is 93.3 Å². The lowest BCUT2D eigenvalue weighted by molar-refractivity contribution is 0.0693. The Morgan fingerprint density at radius 1 is 1.22 bits per heavy atom. The molecular weight excluding hydrogens is 300 g/mol. The summed E-state index contributed by atoms with van der Waals surface area (Å²) < 4.78 is 12.4. The van der Waals surface area contributed by atoms with E-state index in [1.807, 2.05) is 6.07 Å². The van der Waals surface area contributed by atoms with Crippen LogP contribution in [0.3, 0.4) is 0 Å². The number of para-hydroxylation sites is 2. The third-order valence-corrected chi connectivity index (χ3v) is 3.32. The van der Waals surface area contributed by atoms with Crippen LogP contribution in [0.15, 0.2) is 42.6 Å². The third-order valence-electron chi connectivity index (χ3n) is 3.32. The number of carboxylic acids is 1. The van der Waals surface area contributed by atoms with Crippen LogP contribution in [0.5, 0.6) is 17.2 Å². The van der Waals surface area contributed by atoms with Crippen molar-refractivity contribution < 1.29 is 24.5 Å². The quantitative estimate of drug-likeness (QED) is 0.751. The molecule has 1 aromatic carbocycles. The maximum absolute atomic E-state index is 11.3. The zero-order chi connectivity index (χ0) is 16.4. The third kappa shape index (κ3) is 2.76. The van der Waals surface area contributed by atoms with Gasteiger partial charge in [-0.3, -0.25) is 4.40 Å². The smallest absolute Gasteiger partial charge is 0.356 e. The van der Waals surface area contributed by atoms with Crippen LogP contribution in [0, 0.1) is 0 Å². The highest BCUT2D eigenvalue weighted by Gasteiger charge is 2.17. The Labute approximate surface area is 131 Å². The van der Waals surface area contributed by atoms with E-state index in [2.05, 4.69) is 4.98 Å². The molecule has 0 aliphatic rings. The summed E-state index contributed by atoms with van der Waals surface area (Å²) in [5.74, 6) is 0.305. The number of aromatic nitrogens is 2. The number of ether oxygens (including phenoxy) is 2. The summed E-state index contributed by atoms with van der Waals surface area (Å²) in [7, 11) is 1.54. The monoisotopic (exact) mass is 314 g/mol. The van der Waals surface area contributed by atoms with E-state index in [4.69, 9.17) is 9.47 Å². The number of hydrogen-bond acceptors (Lipinski definition) is 5. The maximum Gasteiger partial charge on any atom is 0.356 e. The molecule has 23 heavy (non-hydrogen) atoms. The molecule has 2 N–H and O–H groups in total. The maximum atomic E-state index is 11.3. The average Bonchev–Trinajstić information content (AvgIpc) is 2.91. The summed E-state index contributed by atoms with van der Waals surface area (Å²) in [6.07, 6.45) is 1.40. The fraction of sp³-hybridized carbons (Fsp3) is 0.125. The number of nitrogens with zero attached hydrogens (tertiary/aromatic N) is 2. The van der Waals surface area contributed by atoms with E-state index >= 15 is 0 Å². The van der Waals surface area contributed by atoms with Crippen molar-refractivity contribution in [3.8, 4) is 17.2 Å². The number of fused-ring (bicyclic) bond motifs is 1. The minimum absolute atomic E-state index is 0.00498. The van der Waals surface area contributed by atoms with Gasteiger partial charge in [0.05, 0.1) is 18.8 Å². The number of imidazole rings is 1. The molecule has 0 aliphatic carbocycles. The number of methoxy groups -OCH3 is 1. The lowest BCUT2D eigenvalue weighted by Gasteiger charge is -2.09. The van der Waals surface area contributed by atoms with E-state index in [0.29, 0.717) is 22.8 Å². The molecule has 0 aliphatic heterocycles. The highest BCUT2D eigenvalue weighted by atomic mass is 16.5. The lowest BCUT2D eigenvalue weighted by Crippen LogP contribution is -2.02. The lowest BCUT2D eigenvalue weighted by atomic mass is 10.3. The van der Waals surface area contributed by atoms with Crippen LogP contribution in [-0.4, -0.2) is 32.7 Å². The van der Waals surface area contributed by atoms with Crippen molar-refractivity contribution in [2.75, 3.05) is 7.11 Å². The van der Waals surface area contributed by atoms with E-state index in [-0.39, 0.29) is 18.1 Å². The Kier molecular flexibility index (Phi) is 3.76. The van der Waals surface area contributed by atoms with E-state index in [1.54, 1.807) is 18.2 Å². The summed E-state index contributed by atoms with van der Waals surface area (Å²) >= 11 is 0. The molecule has 3 rings (SSSR count). The van der Waals surface area contributed by atoms with Crippen LogP contribution in [0.1, 0.15) is 16.3 Å². The normalized spacial score (nSPS) is 10.7. The molecule has 2 aromatic heterocycles. The van der Waals surface area contributed by atoms with Gasteiger partial charge < -0.3 is 19.7 Å². The number of carbonyl (C=O) groups is 1. The van der Waals surface area contributed by atoms with Crippen LogP contribution in [0.2, 0.25) is 0 Å². The number of aromatic hydroxyl groups is 1. The molecule has 0 radical (unpaired) electrons. The van der Waals surface area contributed by atoms with E-state index in [9.17, 15) is 15.0 Å². The summed E-state index contributed by atoms with van der Waals surface area (Å²) in [5.41, 5.74) is 0.289. The van der Waals surface area contributed by atoms with Crippen molar-refractivity contribution in [1.29, 1.82) is 0 Å². The molecule has 0 saturated carbocycles. The van der Waals surface area contributed by atoms with Crippen molar-refractivity contribution >= 4 is 11.5 Å². The zero-order valence-electron chi connectivity index (χ0n) is 12.3. The number of hydrogen-bond donors (Lipinski definition) is 2. The molecule has 7 heteroatoms. The first-order valence-corrected chi connectivity index (χ1v) is 6.79. The first-order chi connectivity index (χ1) is 11.1. The molecular formula is C16H14N2O5. The van der Waals surface area contributed by atoms with E-state index < -0.39 is 5.97 Å². The van der Waals surface area contributed by atoms with Crippen molar-refractivity contribution in [2.24, 2.45) is 0 Å². The number of benzene rings is 1. The summed E-state index contributed by atoms with van der Waals surface area (Å²) in [4.78, 5) is 15.4. The number of rotatable bonds is 5. The second-order valence-electron chi connectivity index (χ2n) is 4.76. The molecule has 0 atom stereocenters. The Balaban J connectivity index is 1.96. The van der Waals surface area contributed by atoms with Gasteiger partial charge in [0.15, 0.2) is 23.0 Å². The van der Waals surface area contributed by atoms with Crippen molar-refractivity contribution in [3.63, 3.8) is 0 Å². The molecule has 0 amide bonds. The van der Waals surface area contributed by atoms with Gasteiger partial charge >= 0.3 is 5.97 Å². The molecule has 0 fully saturated rings. The van der Waals surface area contributed by atoms with Crippen molar-refractivity contribution in [2.45, 2.75) is 6.61 Å². The summed E-state index contributed by atoms with van der Waals surface area (Å²) in [6, 6.07) is 10.0. The van der Waals surface area contributed by atoms with Gasteiger partial charge in [0, 0.05) is 0 Å². The second kappa shape index (κ2) is 5.88. The van der Waals surface area contributed by atoms with E-state index in [0.717, 1.165) is 0 Å². The molecule has 7 nitrogen and oxygen atoms in total. The van der Waals surface area contributed by atoms with Gasteiger partial charge in [-0.05, 0) is 24.3 Å². The van der Waals surface area contributed by atoms with Gasteiger partial charge in [-0.1, -0.05) is 12.1 Å². The van der Waals surface area contributed by atoms with Gasteiger partial charge in [0.25, 0.3) is 0 Å². The van der Waals surface area contributed by atoms with Crippen LogP contribution < -0.4 is 9.47 Å². The second-order valence-corrected chi connectivity index (χ2v) is 4.76. The fourth-order valence-corrected chi connectivity index (χ4v) is 2.28. The molecule has 2 heterocycles. The van der Waals surface area contributed by atoms with Crippen LogP contribution >= 0.6 is 0 Å². The summed E-state index contributed by atoms with van der Waals surface area (Å²) in [5, 5.41) is 18.8. The minimum atomic E-state index is -1.14. The first kappa shape index (κ1) is 14.7. The highest BCUT2D eigenvalue weighted by molar-refractivity contribution is 5.93. The predicted octanol–water partition coefficient (Wildman–Crippen LogP) is 2.33. The van der Waals surface area contributed by atoms with Crippen molar-refractivity contribution in [3.05, 3.63) is 54.1 Å². The van der Waals surface area contributed by atoms with Crippen LogP contribution in [0.25, 0.3) is 5.52 Å². The SMILES string of the molecule is COc1ccccc1OCc1nc(C(=O)O)c2ccc(O)cn12. The predicted molar refractivity (Wildman–Crippen MR) is 81.1 cm³/mol. The van der Waals surface area contributed by atoms with Gasteiger partial charge in [0.2, 0.25) is 0 Å².